The number of rotatable bonds is 3. The van der Waals surface area contributed by atoms with Crippen LogP contribution in [0.1, 0.15) is 79.1 Å². The molecule has 37 heavy (non-hydrogen) atoms. The van der Waals surface area contributed by atoms with Gasteiger partial charge in [0.15, 0.2) is 6.17 Å². The van der Waals surface area contributed by atoms with Gasteiger partial charge >= 0.3 is 18.0 Å². The van der Waals surface area contributed by atoms with Crippen LogP contribution in [-0.2, 0) is 19.1 Å². The molecule has 4 fully saturated rings. The predicted molar refractivity (Wildman–Crippen MR) is 135 cm³/mol. The summed E-state index contributed by atoms with van der Waals surface area (Å²) in [6.07, 6.45) is 10.5. The molecule has 1 unspecified atom stereocenters. The van der Waals surface area contributed by atoms with Crippen molar-refractivity contribution in [1.82, 2.24) is 16.0 Å². The second-order valence-electron chi connectivity index (χ2n) is 11.9. The third-order valence-electron chi connectivity index (χ3n) is 9.94. The third kappa shape index (κ3) is 5.11. The highest BCUT2D eigenvalue weighted by Gasteiger charge is 2.59. The van der Waals surface area contributed by atoms with Gasteiger partial charge in [-0.05, 0) is 80.5 Å². The van der Waals surface area contributed by atoms with Gasteiger partial charge in [0.25, 0.3) is 5.91 Å². The van der Waals surface area contributed by atoms with E-state index in [2.05, 4.69) is 25.2 Å². The van der Waals surface area contributed by atoms with E-state index in [1.165, 1.54) is 26.2 Å². The number of ether oxygens (including phenoxy) is 1. The largest absolute Gasteiger partial charge is 0.462 e. The molecule has 8 atom stereocenters. The molecule has 5 amide bonds. The van der Waals surface area contributed by atoms with E-state index in [4.69, 9.17) is 10.5 Å². The highest BCUT2D eigenvalue weighted by molar-refractivity contribution is 6.05. The van der Waals surface area contributed by atoms with E-state index in [1.54, 1.807) is 12.5 Å². The third-order valence-corrected chi connectivity index (χ3v) is 9.94. The maximum atomic E-state index is 12.2. The first-order chi connectivity index (χ1) is 17.3. The van der Waals surface area contributed by atoms with E-state index in [0.717, 1.165) is 43.9 Å². The number of primary amides is 1. The Kier molecular flexibility index (Phi) is 7.41. The fraction of sp³-hybridized carbons (Fsp3) is 0.741. The lowest BCUT2D eigenvalue weighted by Gasteiger charge is -2.58. The Morgan fingerprint density at radius 3 is 2.38 bits per heavy atom. The zero-order valence-corrected chi connectivity index (χ0v) is 22.2. The number of esters is 1. The number of ketones is 1. The average Bonchev–Trinajstić information content (AvgIpc) is 3.31. The maximum Gasteiger partial charge on any atom is 0.323 e. The fourth-order valence-electron chi connectivity index (χ4n) is 8.29. The molecule has 1 saturated heterocycles. The summed E-state index contributed by atoms with van der Waals surface area (Å²) in [5.41, 5.74) is 6.74. The summed E-state index contributed by atoms with van der Waals surface area (Å²) in [6.45, 7) is 8.21. The van der Waals surface area contributed by atoms with Gasteiger partial charge in [-0.15, -0.1) is 0 Å². The van der Waals surface area contributed by atoms with Gasteiger partial charge < -0.3 is 21.1 Å². The second-order valence-corrected chi connectivity index (χ2v) is 11.9. The Morgan fingerprint density at radius 2 is 1.78 bits per heavy atom. The minimum absolute atomic E-state index is 0.0748. The highest BCUT2D eigenvalue weighted by atomic mass is 16.5. The summed E-state index contributed by atoms with van der Waals surface area (Å²) >= 11 is 0. The number of hydrogen-bond donors (Lipinski definition) is 4. The number of carbonyl (C=O) groups excluding carboxylic acids is 5. The summed E-state index contributed by atoms with van der Waals surface area (Å²) in [4.78, 5) is 54.8. The lowest BCUT2D eigenvalue weighted by molar-refractivity contribution is -0.149. The Morgan fingerprint density at radius 1 is 1.05 bits per heavy atom. The molecule has 0 aromatic rings. The van der Waals surface area contributed by atoms with Crippen LogP contribution < -0.4 is 21.7 Å². The Labute approximate surface area is 217 Å². The highest BCUT2D eigenvalue weighted by Crippen LogP contribution is 2.66. The maximum absolute atomic E-state index is 12.2. The molecule has 204 valence electrons. The minimum Gasteiger partial charge on any atom is -0.462 e. The van der Waals surface area contributed by atoms with Gasteiger partial charge in [-0.1, -0.05) is 25.5 Å². The molecule has 1 heterocycles. The molecular formula is C27H40N4O6. The van der Waals surface area contributed by atoms with Crippen LogP contribution in [0.15, 0.2) is 11.6 Å². The lowest BCUT2D eigenvalue weighted by Crippen LogP contribution is -2.51. The topological polar surface area (TPSA) is 157 Å². The van der Waals surface area contributed by atoms with E-state index in [1.807, 2.05) is 10.6 Å². The van der Waals surface area contributed by atoms with Gasteiger partial charge in [-0.3, -0.25) is 19.7 Å². The Hall–Kier alpha value is -2.91. The molecular weight excluding hydrogens is 476 g/mol. The number of Topliss-reactive ketones (excluding diaryl/α,β-unsaturated/α-hetero) is 1. The molecule has 10 heteroatoms. The molecule has 0 spiro atoms. The van der Waals surface area contributed by atoms with Gasteiger partial charge in [-0.2, -0.15) is 0 Å². The van der Waals surface area contributed by atoms with Crippen molar-refractivity contribution in [3.8, 4) is 0 Å². The van der Waals surface area contributed by atoms with Gasteiger partial charge in [0.1, 0.15) is 11.9 Å². The van der Waals surface area contributed by atoms with E-state index in [-0.39, 0.29) is 28.8 Å². The summed E-state index contributed by atoms with van der Waals surface area (Å²) in [5.74, 6) is 2.11. The zero-order chi connectivity index (χ0) is 27.1. The van der Waals surface area contributed by atoms with Gasteiger partial charge in [0.05, 0.1) is 0 Å². The first-order valence-corrected chi connectivity index (χ1v) is 13.4. The van der Waals surface area contributed by atoms with E-state index >= 15 is 0 Å². The molecule has 3 saturated carbocycles. The van der Waals surface area contributed by atoms with Crippen molar-refractivity contribution in [3.05, 3.63) is 11.6 Å². The number of allylic oxidation sites excluding steroid dienone is 1. The molecule has 1 aliphatic heterocycles. The van der Waals surface area contributed by atoms with Crippen molar-refractivity contribution < 1.29 is 28.7 Å². The molecule has 0 bridgehead atoms. The van der Waals surface area contributed by atoms with Crippen molar-refractivity contribution in [2.75, 3.05) is 0 Å². The second kappa shape index (κ2) is 10.1. The predicted octanol–water partition coefficient (Wildman–Crippen LogP) is 2.91. The number of fused-ring (bicyclic) bond motifs is 5. The number of imide groups is 1. The molecule has 0 aromatic carbocycles. The molecule has 10 nitrogen and oxygen atoms in total. The molecule has 0 radical (unpaired) electrons. The summed E-state index contributed by atoms with van der Waals surface area (Å²) in [7, 11) is 0. The van der Waals surface area contributed by atoms with Crippen molar-refractivity contribution in [2.24, 2.45) is 40.2 Å². The summed E-state index contributed by atoms with van der Waals surface area (Å²) < 4.78 is 5.53. The van der Waals surface area contributed by atoms with Gasteiger partial charge in [0.2, 0.25) is 0 Å². The Bertz CT molecular complexity index is 1030. The summed E-state index contributed by atoms with van der Waals surface area (Å²) in [6, 6.07) is -1.51. The quantitative estimate of drug-likeness (QED) is 0.257. The van der Waals surface area contributed by atoms with Crippen LogP contribution in [0.5, 0.6) is 0 Å². The number of nitrogens with two attached hydrogens (primary N) is 1. The molecule has 5 N–H and O–H groups in total. The number of nitrogens with one attached hydrogen (secondary N) is 3. The van der Waals surface area contributed by atoms with Crippen molar-refractivity contribution >= 4 is 29.7 Å². The number of hydrogen-bond acceptors (Lipinski definition) is 6. The normalized spacial score (nSPS) is 39.8. The lowest BCUT2D eigenvalue weighted by atomic mass is 9.47. The first-order valence-electron chi connectivity index (χ1n) is 13.4. The number of carbonyl (C=O) groups is 5. The van der Waals surface area contributed by atoms with Crippen LogP contribution in [0.3, 0.4) is 0 Å². The van der Waals surface area contributed by atoms with Crippen molar-refractivity contribution in [2.45, 2.75) is 91.3 Å². The van der Waals surface area contributed by atoms with E-state index in [0.29, 0.717) is 11.7 Å². The number of amides is 5. The van der Waals surface area contributed by atoms with Crippen LogP contribution in [0.2, 0.25) is 0 Å². The fourth-order valence-corrected chi connectivity index (χ4v) is 8.29. The van der Waals surface area contributed by atoms with Crippen molar-refractivity contribution in [1.29, 1.82) is 0 Å². The summed E-state index contributed by atoms with van der Waals surface area (Å²) in [5, 5.41) is 6.05. The SMILES string of the molecule is CC(=O)O[C@H]1CC[C@@]2(C)C(=CC[C@H]3[C@@H]4CC[C@H](C(C)=O)[C@@]4(C)CC[C@@H]32)C1.NC(=O)NC1NC(=O)NC1=O. The minimum atomic E-state index is -1.04. The van der Waals surface area contributed by atoms with Gasteiger partial charge in [-0.25, -0.2) is 9.59 Å². The van der Waals surface area contributed by atoms with Crippen LogP contribution in [0, 0.1) is 34.5 Å². The molecule has 5 rings (SSSR count). The zero-order valence-electron chi connectivity index (χ0n) is 22.2. The monoisotopic (exact) mass is 516 g/mol. The van der Waals surface area contributed by atoms with Crippen LogP contribution >= 0.6 is 0 Å². The van der Waals surface area contributed by atoms with E-state index in [9.17, 15) is 24.0 Å². The van der Waals surface area contributed by atoms with Crippen LogP contribution in [-0.4, -0.2) is 42.0 Å². The Balaban J connectivity index is 0.000000245. The van der Waals surface area contributed by atoms with Crippen LogP contribution in [0.25, 0.3) is 0 Å². The van der Waals surface area contributed by atoms with E-state index < -0.39 is 24.1 Å². The molecule has 0 aromatic heterocycles. The van der Waals surface area contributed by atoms with Gasteiger partial charge in [0, 0.05) is 19.3 Å². The van der Waals surface area contributed by atoms with Crippen LogP contribution in [0.4, 0.5) is 9.59 Å². The number of urea groups is 2. The average molecular weight is 517 g/mol. The first kappa shape index (κ1) is 27.1. The smallest absolute Gasteiger partial charge is 0.323 e. The van der Waals surface area contributed by atoms with Crippen molar-refractivity contribution in [3.63, 3.8) is 0 Å². The molecule has 5 aliphatic rings. The standard InChI is InChI=1S/C23H34O3.C4H6N4O3/c1-14(24)19-7-8-20-18-6-5-16-13-17(26-15(2)25)9-11-22(16,3)21(18)10-12-23(19,20)4;5-3(10)6-1-2(9)8-4(11)7-1/h5,17-21H,6-13H2,1-4H3;1H,(H3,5,6,10)(H2,7,8,9,11)/t17-,18-,19+,20-,21-,22-,23+;/m0./s1. The molecule has 4 aliphatic carbocycles.